The molecule has 0 aliphatic carbocycles. The molecule has 0 spiro atoms. The van der Waals surface area contributed by atoms with Gasteiger partial charge in [-0.25, -0.2) is 13.2 Å². The van der Waals surface area contributed by atoms with Gasteiger partial charge < -0.3 is 19.5 Å². The van der Waals surface area contributed by atoms with Gasteiger partial charge in [-0.1, -0.05) is 18.2 Å². The predicted octanol–water partition coefficient (Wildman–Crippen LogP) is 2.68. The van der Waals surface area contributed by atoms with Crippen LogP contribution in [0.5, 0.6) is 5.75 Å². The van der Waals surface area contributed by atoms with E-state index in [4.69, 9.17) is 14.2 Å². The minimum Gasteiger partial charge on any atom is -0.492 e. The van der Waals surface area contributed by atoms with Gasteiger partial charge >= 0.3 is 5.97 Å². The number of para-hydroxylation sites is 2. The molecule has 2 atom stereocenters. The summed E-state index contributed by atoms with van der Waals surface area (Å²) < 4.78 is 43.6. The average molecular weight is 477 g/mol. The Hall–Kier alpha value is -2.95. The summed E-state index contributed by atoms with van der Waals surface area (Å²) >= 11 is 0. The number of rotatable bonds is 8. The van der Waals surface area contributed by atoms with Crippen LogP contribution in [0.25, 0.3) is 0 Å². The van der Waals surface area contributed by atoms with E-state index in [1.54, 1.807) is 24.3 Å². The summed E-state index contributed by atoms with van der Waals surface area (Å²) in [5, 5.41) is 2.63. The summed E-state index contributed by atoms with van der Waals surface area (Å²) in [6.45, 7) is 5.80. The zero-order valence-corrected chi connectivity index (χ0v) is 19.6. The third-order valence-corrected chi connectivity index (χ3v) is 6.72. The van der Waals surface area contributed by atoms with Crippen molar-refractivity contribution in [3.63, 3.8) is 0 Å². The maximum absolute atomic E-state index is 13.0. The van der Waals surface area contributed by atoms with Gasteiger partial charge in [0.05, 0.1) is 35.0 Å². The summed E-state index contributed by atoms with van der Waals surface area (Å²) in [4.78, 5) is 24.7. The molecule has 0 radical (unpaired) electrons. The monoisotopic (exact) mass is 476 g/mol. The summed E-state index contributed by atoms with van der Waals surface area (Å²) in [6.07, 6.45) is -0.467. The molecule has 2 aromatic rings. The second-order valence-electron chi connectivity index (χ2n) is 7.66. The van der Waals surface area contributed by atoms with Crippen LogP contribution in [0.2, 0.25) is 0 Å². The Bertz CT molecular complexity index is 1090. The normalized spacial score (nSPS) is 19.0. The number of sulfonamides is 1. The van der Waals surface area contributed by atoms with Crippen molar-refractivity contribution in [3.05, 3.63) is 54.1 Å². The van der Waals surface area contributed by atoms with Crippen LogP contribution in [0.4, 0.5) is 5.69 Å². The van der Waals surface area contributed by atoms with Crippen molar-refractivity contribution >= 4 is 27.6 Å². The number of amides is 1. The molecule has 1 heterocycles. The maximum atomic E-state index is 13.0. The van der Waals surface area contributed by atoms with Crippen molar-refractivity contribution in [1.82, 2.24) is 4.31 Å². The van der Waals surface area contributed by atoms with E-state index in [1.807, 2.05) is 20.8 Å². The van der Waals surface area contributed by atoms with E-state index in [-0.39, 0.29) is 35.8 Å². The molecule has 9 nitrogen and oxygen atoms in total. The number of ether oxygens (including phenoxy) is 3. The van der Waals surface area contributed by atoms with E-state index in [1.165, 1.54) is 28.6 Å². The van der Waals surface area contributed by atoms with Crippen LogP contribution in [0.15, 0.2) is 53.4 Å². The molecule has 2 unspecified atom stereocenters. The van der Waals surface area contributed by atoms with Crippen LogP contribution in [-0.2, 0) is 24.3 Å². The molecule has 178 valence electrons. The summed E-state index contributed by atoms with van der Waals surface area (Å²) in [5.41, 5.74) is 0.496. The third kappa shape index (κ3) is 6.31. The summed E-state index contributed by atoms with van der Waals surface area (Å²) in [5.74, 6) is -0.844. The molecule has 3 rings (SSSR count). The molecule has 0 aromatic heterocycles. The van der Waals surface area contributed by atoms with Crippen LogP contribution in [0.3, 0.4) is 0 Å². The van der Waals surface area contributed by atoms with Crippen molar-refractivity contribution in [2.45, 2.75) is 37.9 Å². The zero-order valence-electron chi connectivity index (χ0n) is 18.8. The quantitative estimate of drug-likeness (QED) is 0.583. The van der Waals surface area contributed by atoms with Gasteiger partial charge in [-0.3, -0.25) is 4.79 Å². The minimum atomic E-state index is -3.81. The smallest absolute Gasteiger partial charge is 0.338 e. The number of nitrogens with zero attached hydrogens (tertiary/aromatic N) is 1. The maximum Gasteiger partial charge on any atom is 0.338 e. The van der Waals surface area contributed by atoms with Gasteiger partial charge in [0, 0.05) is 13.1 Å². The highest BCUT2D eigenvalue weighted by atomic mass is 32.2. The van der Waals surface area contributed by atoms with Crippen molar-refractivity contribution in [1.29, 1.82) is 0 Å². The Morgan fingerprint density at radius 3 is 2.48 bits per heavy atom. The number of carbonyl (C=O) groups is 2. The Morgan fingerprint density at radius 1 is 1.09 bits per heavy atom. The number of carbonyl (C=O) groups excluding carboxylic acids is 2. The molecule has 1 aliphatic rings. The highest BCUT2D eigenvalue weighted by molar-refractivity contribution is 7.89. The second-order valence-corrected chi connectivity index (χ2v) is 9.60. The van der Waals surface area contributed by atoms with Crippen molar-refractivity contribution < 1.29 is 32.2 Å². The lowest BCUT2D eigenvalue weighted by molar-refractivity contribution is -0.119. The fourth-order valence-corrected chi connectivity index (χ4v) is 5.15. The highest BCUT2D eigenvalue weighted by Crippen LogP contribution is 2.24. The topological polar surface area (TPSA) is 111 Å². The van der Waals surface area contributed by atoms with Crippen LogP contribution in [-0.4, -0.2) is 63.1 Å². The van der Waals surface area contributed by atoms with Gasteiger partial charge in [0.15, 0.2) is 6.61 Å². The molecule has 1 N–H and O–H groups in total. The molecule has 1 saturated heterocycles. The molecular formula is C23H28N2O7S. The van der Waals surface area contributed by atoms with E-state index in [0.717, 1.165) is 0 Å². The van der Waals surface area contributed by atoms with Crippen LogP contribution >= 0.6 is 0 Å². The molecule has 0 saturated carbocycles. The summed E-state index contributed by atoms with van der Waals surface area (Å²) in [7, 11) is -3.81. The van der Waals surface area contributed by atoms with Crippen LogP contribution in [0, 0.1) is 0 Å². The number of anilines is 1. The van der Waals surface area contributed by atoms with Crippen LogP contribution in [0.1, 0.15) is 31.1 Å². The average Bonchev–Trinajstić information content (AvgIpc) is 2.78. The van der Waals surface area contributed by atoms with Gasteiger partial charge in [0.2, 0.25) is 10.0 Å². The molecule has 0 bridgehead atoms. The molecule has 1 fully saturated rings. The Balaban J connectivity index is 1.64. The van der Waals surface area contributed by atoms with Gasteiger partial charge in [0.25, 0.3) is 5.91 Å². The van der Waals surface area contributed by atoms with Gasteiger partial charge in [-0.2, -0.15) is 4.31 Å². The fourth-order valence-electron chi connectivity index (χ4n) is 3.51. The lowest BCUT2D eigenvalue weighted by Crippen LogP contribution is -2.48. The van der Waals surface area contributed by atoms with E-state index in [9.17, 15) is 18.0 Å². The van der Waals surface area contributed by atoms with E-state index < -0.39 is 28.5 Å². The number of hydrogen-bond donors (Lipinski definition) is 1. The minimum absolute atomic E-state index is 0.0201. The molecule has 10 heteroatoms. The number of nitrogens with one attached hydrogen (secondary N) is 1. The van der Waals surface area contributed by atoms with Crippen molar-refractivity contribution in [2.24, 2.45) is 0 Å². The second kappa shape index (κ2) is 10.8. The predicted molar refractivity (Wildman–Crippen MR) is 122 cm³/mol. The number of hydrogen-bond acceptors (Lipinski definition) is 7. The third-order valence-electron chi connectivity index (χ3n) is 4.89. The fraction of sp³-hybridized carbons (Fsp3) is 0.391. The number of benzene rings is 2. The highest BCUT2D eigenvalue weighted by Gasteiger charge is 2.32. The first kappa shape index (κ1) is 24.7. The number of esters is 1. The summed E-state index contributed by atoms with van der Waals surface area (Å²) in [6, 6.07) is 12.5. The first-order chi connectivity index (χ1) is 15.7. The standard InChI is InChI=1S/C23H28N2O7S/c1-4-30-21-11-6-5-10-20(21)24-22(26)15-31-23(27)18-8-7-9-19(12-18)33(28,29)25-13-16(2)32-17(3)14-25/h5-12,16-17H,4,13-15H2,1-3H3,(H,24,26). The SMILES string of the molecule is CCOc1ccccc1NC(=O)COC(=O)c1cccc(S(=O)(=O)N2CC(C)OC(C)C2)c1. The van der Waals surface area contributed by atoms with E-state index in [0.29, 0.717) is 18.0 Å². The largest absolute Gasteiger partial charge is 0.492 e. The first-order valence-electron chi connectivity index (χ1n) is 10.6. The van der Waals surface area contributed by atoms with Gasteiger partial charge in [-0.05, 0) is 51.1 Å². The first-order valence-corrected chi connectivity index (χ1v) is 12.1. The van der Waals surface area contributed by atoms with E-state index in [2.05, 4.69) is 5.32 Å². The van der Waals surface area contributed by atoms with Gasteiger partial charge in [0.1, 0.15) is 5.75 Å². The molecule has 2 aromatic carbocycles. The molecule has 1 aliphatic heterocycles. The van der Waals surface area contributed by atoms with Gasteiger partial charge in [-0.15, -0.1) is 0 Å². The van der Waals surface area contributed by atoms with E-state index >= 15 is 0 Å². The Morgan fingerprint density at radius 2 is 1.79 bits per heavy atom. The van der Waals surface area contributed by atoms with Crippen LogP contribution < -0.4 is 10.1 Å². The Kier molecular flexibility index (Phi) is 8.06. The number of morpholine rings is 1. The lowest BCUT2D eigenvalue weighted by atomic mass is 10.2. The lowest BCUT2D eigenvalue weighted by Gasteiger charge is -2.34. The molecule has 1 amide bonds. The zero-order chi connectivity index (χ0) is 24.0. The Labute approximate surface area is 193 Å². The van der Waals surface area contributed by atoms with Crippen molar-refractivity contribution in [3.8, 4) is 5.75 Å². The molecular weight excluding hydrogens is 448 g/mol. The van der Waals surface area contributed by atoms with Crippen molar-refractivity contribution in [2.75, 3.05) is 31.6 Å². The molecule has 33 heavy (non-hydrogen) atoms.